The van der Waals surface area contributed by atoms with Crippen LogP contribution in [-0.4, -0.2) is 79.4 Å². The van der Waals surface area contributed by atoms with Gasteiger partial charge in [0.2, 0.25) is 10.0 Å². The average molecular weight is 521 g/mol. The number of hydrogen-bond acceptors (Lipinski definition) is 8. The van der Waals surface area contributed by atoms with E-state index in [0.717, 1.165) is 55.2 Å². The first-order valence-corrected chi connectivity index (χ1v) is 14.1. The summed E-state index contributed by atoms with van der Waals surface area (Å²) in [5.41, 5.74) is 4.70. The quantitative estimate of drug-likeness (QED) is 0.378. The third kappa shape index (κ3) is 5.67. The highest BCUT2D eigenvalue weighted by Crippen LogP contribution is 2.23. The molecule has 1 aliphatic rings. The standard InChI is InChI=1S/C26H32N8O2S/c1-31-13-15-33(16-14-31)22-9-4-7-20(17-22)18-24-29-26-23(10-6-12-34(26)30-24)28-19-21-8-5-11-27-25(21)32(2)37(3,35)36/h4-12,17,28H,13-16,18-19H2,1-3H3. The van der Waals surface area contributed by atoms with Gasteiger partial charge in [-0.15, -0.1) is 0 Å². The van der Waals surface area contributed by atoms with Crippen LogP contribution in [-0.2, 0) is 23.0 Å². The lowest BCUT2D eigenvalue weighted by Crippen LogP contribution is -2.44. The lowest BCUT2D eigenvalue weighted by atomic mass is 10.1. The molecular weight excluding hydrogens is 488 g/mol. The fourth-order valence-electron chi connectivity index (χ4n) is 4.47. The summed E-state index contributed by atoms with van der Waals surface area (Å²) in [5, 5.41) is 8.09. The van der Waals surface area contributed by atoms with Gasteiger partial charge in [-0.05, 0) is 42.9 Å². The van der Waals surface area contributed by atoms with Gasteiger partial charge in [0.15, 0.2) is 11.5 Å². The monoisotopic (exact) mass is 520 g/mol. The van der Waals surface area contributed by atoms with E-state index in [1.807, 2.05) is 24.4 Å². The average Bonchev–Trinajstić information content (AvgIpc) is 3.30. The zero-order chi connectivity index (χ0) is 26.0. The Morgan fingerprint density at radius 1 is 1.05 bits per heavy atom. The largest absolute Gasteiger partial charge is 0.378 e. The van der Waals surface area contributed by atoms with E-state index in [1.54, 1.807) is 16.8 Å². The van der Waals surface area contributed by atoms with E-state index < -0.39 is 10.0 Å². The number of hydrogen-bond donors (Lipinski definition) is 1. The predicted molar refractivity (Wildman–Crippen MR) is 147 cm³/mol. The molecule has 1 N–H and O–H groups in total. The molecule has 0 spiro atoms. The Morgan fingerprint density at radius 2 is 1.86 bits per heavy atom. The van der Waals surface area contributed by atoms with E-state index >= 15 is 0 Å². The summed E-state index contributed by atoms with van der Waals surface area (Å²) in [6, 6.07) is 16.1. The maximum absolute atomic E-state index is 12.0. The highest BCUT2D eigenvalue weighted by atomic mass is 32.2. The van der Waals surface area contributed by atoms with Crippen molar-refractivity contribution < 1.29 is 8.42 Å². The minimum Gasteiger partial charge on any atom is -0.378 e. The van der Waals surface area contributed by atoms with Crippen LogP contribution in [0.4, 0.5) is 17.2 Å². The van der Waals surface area contributed by atoms with Crippen LogP contribution >= 0.6 is 0 Å². The number of sulfonamides is 1. The molecular formula is C26H32N8O2S. The van der Waals surface area contributed by atoms with Crippen LogP contribution in [0.25, 0.3) is 5.65 Å². The molecule has 0 radical (unpaired) electrons. The Balaban J connectivity index is 1.33. The Hall–Kier alpha value is -3.70. The van der Waals surface area contributed by atoms with E-state index in [0.29, 0.717) is 18.8 Å². The molecule has 3 aromatic heterocycles. The van der Waals surface area contributed by atoms with Gasteiger partial charge in [0.05, 0.1) is 11.9 Å². The molecule has 0 aliphatic carbocycles. The highest BCUT2D eigenvalue weighted by molar-refractivity contribution is 7.92. The molecule has 0 atom stereocenters. The van der Waals surface area contributed by atoms with Crippen molar-refractivity contribution in [1.82, 2.24) is 24.5 Å². The lowest BCUT2D eigenvalue weighted by Gasteiger charge is -2.34. The van der Waals surface area contributed by atoms with Gasteiger partial charge >= 0.3 is 0 Å². The number of pyridine rings is 2. The zero-order valence-electron chi connectivity index (χ0n) is 21.4. The third-order valence-electron chi connectivity index (χ3n) is 6.68. The Morgan fingerprint density at radius 3 is 2.65 bits per heavy atom. The molecule has 1 saturated heterocycles. The SMILES string of the molecule is CN1CCN(c2cccc(Cc3nc4c(NCc5cccnc5N(C)S(C)(=O)=O)cccn4n3)c2)CC1. The normalized spacial score (nSPS) is 14.7. The minimum atomic E-state index is -3.42. The number of benzene rings is 1. The van der Waals surface area contributed by atoms with Crippen LogP contribution in [0.1, 0.15) is 17.0 Å². The fourth-order valence-corrected chi connectivity index (χ4v) is 4.95. The van der Waals surface area contributed by atoms with Gasteiger partial charge in [-0.1, -0.05) is 18.2 Å². The molecule has 0 saturated carbocycles. The lowest BCUT2D eigenvalue weighted by molar-refractivity contribution is 0.313. The number of piperazine rings is 1. The van der Waals surface area contributed by atoms with E-state index in [2.05, 4.69) is 51.4 Å². The van der Waals surface area contributed by atoms with Crippen LogP contribution in [0.2, 0.25) is 0 Å². The van der Waals surface area contributed by atoms with E-state index in [9.17, 15) is 8.42 Å². The summed E-state index contributed by atoms with van der Waals surface area (Å²) in [5.74, 6) is 1.13. The first-order chi connectivity index (χ1) is 17.8. The fraction of sp³-hybridized carbons (Fsp3) is 0.346. The Kier molecular flexibility index (Phi) is 6.98. The molecule has 0 amide bonds. The number of nitrogens with zero attached hydrogens (tertiary/aromatic N) is 7. The molecule has 1 fully saturated rings. The molecule has 1 aliphatic heterocycles. The number of anilines is 3. The van der Waals surface area contributed by atoms with Crippen molar-refractivity contribution in [2.75, 3.05) is 61.1 Å². The molecule has 4 heterocycles. The molecule has 0 bridgehead atoms. The summed E-state index contributed by atoms with van der Waals surface area (Å²) in [6.07, 6.45) is 5.27. The number of nitrogens with one attached hydrogen (secondary N) is 1. The summed E-state index contributed by atoms with van der Waals surface area (Å²) in [6.45, 7) is 4.58. The van der Waals surface area contributed by atoms with Gasteiger partial charge in [0.25, 0.3) is 0 Å². The second kappa shape index (κ2) is 10.3. The molecule has 10 nitrogen and oxygen atoms in total. The number of aromatic nitrogens is 4. The maximum Gasteiger partial charge on any atom is 0.233 e. The van der Waals surface area contributed by atoms with Crippen molar-refractivity contribution in [2.24, 2.45) is 0 Å². The van der Waals surface area contributed by atoms with Gasteiger partial charge in [-0.25, -0.2) is 22.9 Å². The number of fused-ring (bicyclic) bond motifs is 1. The van der Waals surface area contributed by atoms with Crippen molar-refractivity contribution >= 4 is 32.9 Å². The molecule has 4 aromatic rings. The molecule has 194 valence electrons. The number of likely N-dealkylation sites (N-methyl/N-ethyl adjacent to an activating group) is 1. The van der Waals surface area contributed by atoms with Crippen molar-refractivity contribution in [3.8, 4) is 0 Å². The first kappa shape index (κ1) is 25.0. The minimum absolute atomic E-state index is 0.387. The summed E-state index contributed by atoms with van der Waals surface area (Å²) in [7, 11) is 0.244. The molecule has 1 aromatic carbocycles. The summed E-state index contributed by atoms with van der Waals surface area (Å²) < 4.78 is 27.1. The van der Waals surface area contributed by atoms with Crippen LogP contribution in [0.15, 0.2) is 60.9 Å². The second-order valence-electron chi connectivity index (χ2n) is 9.43. The van der Waals surface area contributed by atoms with Gasteiger partial charge in [0, 0.05) is 69.8 Å². The van der Waals surface area contributed by atoms with Gasteiger partial charge in [-0.2, -0.15) is 5.10 Å². The van der Waals surface area contributed by atoms with Crippen molar-refractivity contribution in [3.05, 3.63) is 77.9 Å². The Labute approximate surface area is 217 Å². The topological polar surface area (TPSA) is 99.0 Å². The van der Waals surface area contributed by atoms with Crippen LogP contribution < -0.4 is 14.5 Å². The maximum atomic E-state index is 12.0. The van der Waals surface area contributed by atoms with Crippen LogP contribution in [0, 0.1) is 0 Å². The van der Waals surface area contributed by atoms with Crippen molar-refractivity contribution in [3.63, 3.8) is 0 Å². The van der Waals surface area contributed by atoms with E-state index in [1.165, 1.54) is 22.6 Å². The second-order valence-corrected chi connectivity index (χ2v) is 11.4. The number of rotatable bonds is 8. The van der Waals surface area contributed by atoms with Crippen LogP contribution in [0.5, 0.6) is 0 Å². The van der Waals surface area contributed by atoms with Crippen molar-refractivity contribution in [1.29, 1.82) is 0 Å². The molecule has 37 heavy (non-hydrogen) atoms. The molecule has 5 rings (SSSR count). The Bertz CT molecular complexity index is 1500. The zero-order valence-corrected chi connectivity index (χ0v) is 22.2. The van der Waals surface area contributed by atoms with E-state index in [4.69, 9.17) is 10.1 Å². The molecule has 11 heteroatoms. The molecule has 0 unspecified atom stereocenters. The van der Waals surface area contributed by atoms with Crippen LogP contribution in [0.3, 0.4) is 0 Å². The van der Waals surface area contributed by atoms with Gasteiger partial charge in [-0.3, -0.25) is 4.31 Å². The van der Waals surface area contributed by atoms with Crippen molar-refractivity contribution in [2.45, 2.75) is 13.0 Å². The van der Waals surface area contributed by atoms with E-state index in [-0.39, 0.29) is 0 Å². The highest BCUT2D eigenvalue weighted by Gasteiger charge is 2.18. The summed E-state index contributed by atoms with van der Waals surface area (Å²) >= 11 is 0. The third-order valence-corrected chi connectivity index (χ3v) is 7.85. The summed E-state index contributed by atoms with van der Waals surface area (Å²) in [4.78, 5) is 13.9. The van der Waals surface area contributed by atoms with Gasteiger partial charge in [0.1, 0.15) is 5.82 Å². The van der Waals surface area contributed by atoms with Gasteiger partial charge < -0.3 is 15.1 Å². The smallest absolute Gasteiger partial charge is 0.233 e. The predicted octanol–water partition coefficient (Wildman–Crippen LogP) is 2.47. The first-order valence-electron chi connectivity index (χ1n) is 12.3.